The van der Waals surface area contributed by atoms with Crippen molar-refractivity contribution in [1.29, 1.82) is 0 Å². The smallest absolute Gasteiger partial charge is 0.224 e. The van der Waals surface area contributed by atoms with E-state index in [0.717, 1.165) is 10.6 Å². The molecule has 0 atom stereocenters. The molecule has 0 fully saturated rings. The summed E-state index contributed by atoms with van der Waals surface area (Å²) in [5, 5.41) is 7.38. The molecule has 25 heavy (non-hydrogen) atoms. The van der Waals surface area contributed by atoms with Gasteiger partial charge in [0.15, 0.2) is 5.96 Å². The fourth-order valence-electron chi connectivity index (χ4n) is 2.29. The molecule has 0 aliphatic carbocycles. The third-order valence-electron chi connectivity index (χ3n) is 3.62. The van der Waals surface area contributed by atoms with E-state index in [9.17, 15) is 4.79 Å². The number of rotatable bonds is 7. The lowest BCUT2D eigenvalue weighted by Crippen LogP contribution is -2.39. The molecule has 1 aromatic carbocycles. The van der Waals surface area contributed by atoms with Crippen LogP contribution in [0.4, 0.5) is 0 Å². The molecule has 1 heterocycles. The Hall–Kier alpha value is -2.41. The summed E-state index contributed by atoms with van der Waals surface area (Å²) in [6.45, 7) is 3.82. The number of nitrogens with one attached hydrogen (secondary N) is 2. The highest BCUT2D eigenvalue weighted by Gasteiger charge is 2.09. The third kappa shape index (κ3) is 6.54. The van der Waals surface area contributed by atoms with Gasteiger partial charge < -0.3 is 15.5 Å². The van der Waals surface area contributed by atoms with Gasteiger partial charge in [0.05, 0.1) is 6.54 Å². The SMILES string of the molecule is CN=C(NCCC(=O)N(C)Cc1ccccc1)NCc1ncc(C)s1. The molecule has 7 heteroatoms. The van der Waals surface area contributed by atoms with Gasteiger partial charge in [-0.15, -0.1) is 11.3 Å². The average Bonchev–Trinajstić information content (AvgIpc) is 3.04. The summed E-state index contributed by atoms with van der Waals surface area (Å²) < 4.78 is 0. The first-order valence-electron chi connectivity index (χ1n) is 8.22. The van der Waals surface area contributed by atoms with Crippen molar-refractivity contribution in [3.05, 3.63) is 52.0 Å². The molecule has 2 aromatic rings. The van der Waals surface area contributed by atoms with Crippen molar-refractivity contribution in [3.8, 4) is 0 Å². The Morgan fingerprint density at radius 3 is 2.68 bits per heavy atom. The van der Waals surface area contributed by atoms with Crippen LogP contribution in [0.3, 0.4) is 0 Å². The number of carbonyl (C=O) groups excluding carboxylic acids is 1. The van der Waals surface area contributed by atoms with E-state index in [1.165, 1.54) is 4.88 Å². The number of amides is 1. The summed E-state index contributed by atoms with van der Waals surface area (Å²) in [5.41, 5.74) is 1.13. The first-order valence-corrected chi connectivity index (χ1v) is 9.04. The van der Waals surface area contributed by atoms with Gasteiger partial charge in [-0.1, -0.05) is 30.3 Å². The van der Waals surface area contributed by atoms with E-state index >= 15 is 0 Å². The van der Waals surface area contributed by atoms with Crippen LogP contribution in [0.5, 0.6) is 0 Å². The number of thiazole rings is 1. The Kier molecular flexibility index (Phi) is 7.40. The van der Waals surface area contributed by atoms with Gasteiger partial charge in [-0.25, -0.2) is 4.98 Å². The molecule has 0 aliphatic heterocycles. The van der Waals surface area contributed by atoms with E-state index in [1.807, 2.05) is 50.5 Å². The number of hydrogen-bond donors (Lipinski definition) is 2. The Labute approximate surface area is 153 Å². The molecule has 0 aliphatic rings. The molecular formula is C18H25N5OS. The summed E-state index contributed by atoms with van der Waals surface area (Å²) in [7, 11) is 3.54. The maximum absolute atomic E-state index is 12.2. The summed E-state index contributed by atoms with van der Waals surface area (Å²) >= 11 is 1.66. The predicted molar refractivity (Wildman–Crippen MR) is 103 cm³/mol. The Balaban J connectivity index is 1.69. The van der Waals surface area contributed by atoms with Gasteiger partial charge in [0.1, 0.15) is 5.01 Å². The maximum Gasteiger partial charge on any atom is 0.224 e. The molecule has 0 saturated carbocycles. The van der Waals surface area contributed by atoms with Gasteiger partial charge in [0, 0.05) is 44.7 Å². The van der Waals surface area contributed by atoms with Crippen molar-refractivity contribution < 1.29 is 4.79 Å². The lowest BCUT2D eigenvalue weighted by atomic mass is 10.2. The van der Waals surface area contributed by atoms with Crippen LogP contribution in [-0.2, 0) is 17.9 Å². The first kappa shape index (κ1) is 18.9. The summed E-state index contributed by atoms with van der Waals surface area (Å²) in [6, 6.07) is 9.98. The molecule has 2 N–H and O–H groups in total. The summed E-state index contributed by atoms with van der Waals surface area (Å²) in [5.74, 6) is 0.772. The molecule has 6 nitrogen and oxygen atoms in total. The second kappa shape index (κ2) is 9.78. The van der Waals surface area contributed by atoms with Crippen LogP contribution in [0, 0.1) is 6.92 Å². The Morgan fingerprint density at radius 1 is 1.28 bits per heavy atom. The standard InChI is InChI=1S/C18H25N5OS/c1-14-11-21-16(25-14)12-22-18(19-2)20-10-9-17(24)23(3)13-15-7-5-4-6-8-15/h4-8,11H,9-10,12-13H2,1-3H3,(H2,19,20,22). The molecule has 0 saturated heterocycles. The normalized spacial score (nSPS) is 11.2. The van der Waals surface area contributed by atoms with Crippen LogP contribution < -0.4 is 10.6 Å². The minimum atomic E-state index is 0.0994. The highest BCUT2D eigenvalue weighted by molar-refractivity contribution is 7.11. The number of guanidine groups is 1. The number of aliphatic imine (C=N–C) groups is 1. The molecule has 134 valence electrons. The van der Waals surface area contributed by atoms with E-state index in [-0.39, 0.29) is 5.91 Å². The van der Waals surface area contributed by atoms with Crippen LogP contribution in [0.15, 0.2) is 41.5 Å². The molecule has 0 unspecified atom stereocenters. The fourth-order valence-corrected chi connectivity index (χ4v) is 3.01. The number of hydrogen-bond acceptors (Lipinski definition) is 4. The molecule has 0 radical (unpaired) electrons. The van der Waals surface area contributed by atoms with Crippen molar-refractivity contribution in [2.45, 2.75) is 26.4 Å². The van der Waals surface area contributed by atoms with Crippen molar-refractivity contribution in [3.63, 3.8) is 0 Å². The van der Waals surface area contributed by atoms with E-state index in [4.69, 9.17) is 0 Å². The van der Waals surface area contributed by atoms with E-state index in [2.05, 4.69) is 20.6 Å². The lowest BCUT2D eigenvalue weighted by molar-refractivity contribution is -0.130. The van der Waals surface area contributed by atoms with E-state index in [1.54, 1.807) is 23.3 Å². The zero-order valence-electron chi connectivity index (χ0n) is 15.0. The minimum absolute atomic E-state index is 0.0994. The molecular weight excluding hydrogens is 334 g/mol. The third-order valence-corrected chi connectivity index (χ3v) is 4.53. The van der Waals surface area contributed by atoms with Crippen LogP contribution in [0.25, 0.3) is 0 Å². The van der Waals surface area contributed by atoms with E-state index < -0.39 is 0 Å². The fraction of sp³-hybridized carbons (Fsp3) is 0.389. The monoisotopic (exact) mass is 359 g/mol. The number of nitrogens with zero attached hydrogens (tertiary/aromatic N) is 3. The Bertz CT molecular complexity index is 699. The van der Waals surface area contributed by atoms with Gasteiger partial charge in [0.25, 0.3) is 0 Å². The maximum atomic E-state index is 12.2. The highest BCUT2D eigenvalue weighted by atomic mass is 32.1. The van der Waals surface area contributed by atoms with Gasteiger partial charge >= 0.3 is 0 Å². The molecule has 0 spiro atoms. The van der Waals surface area contributed by atoms with Gasteiger partial charge in [-0.2, -0.15) is 0 Å². The highest BCUT2D eigenvalue weighted by Crippen LogP contribution is 2.10. The first-order chi connectivity index (χ1) is 12.1. The van der Waals surface area contributed by atoms with Crippen LogP contribution >= 0.6 is 11.3 Å². The molecule has 2 rings (SSSR count). The van der Waals surface area contributed by atoms with E-state index in [0.29, 0.717) is 32.0 Å². The van der Waals surface area contributed by atoms with Crippen LogP contribution in [-0.4, -0.2) is 42.4 Å². The molecule has 1 aromatic heterocycles. The van der Waals surface area contributed by atoms with Gasteiger partial charge in [-0.3, -0.25) is 9.79 Å². The second-order valence-corrected chi connectivity index (χ2v) is 7.02. The van der Waals surface area contributed by atoms with Crippen molar-refractivity contribution in [2.75, 3.05) is 20.6 Å². The van der Waals surface area contributed by atoms with Crippen molar-refractivity contribution >= 4 is 23.2 Å². The number of carbonyl (C=O) groups is 1. The average molecular weight is 359 g/mol. The van der Waals surface area contributed by atoms with Gasteiger partial charge in [0.2, 0.25) is 5.91 Å². The van der Waals surface area contributed by atoms with Crippen LogP contribution in [0.2, 0.25) is 0 Å². The summed E-state index contributed by atoms with van der Waals surface area (Å²) in [4.78, 5) is 23.6. The zero-order chi connectivity index (χ0) is 18.1. The largest absolute Gasteiger partial charge is 0.356 e. The van der Waals surface area contributed by atoms with Crippen LogP contribution in [0.1, 0.15) is 21.9 Å². The topological polar surface area (TPSA) is 69.6 Å². The molecule has 0 bridgehead atoms. The number of aryl methyl sites for hydroxylation is 1. The van der Waals surface area contributed by atoms with Gasteiger partial charge in [-0.05, 0) is 12.5 Å². The number of aromatic nitrogens is 1. The molecule has 1 amide bonds. The Morgan fingerprint density at radius 2 is 2.04 bits per heavy atom. The minimum Gasteiger partial charge on any atom is -0.356 e. The quantitative estimate of drug-likeness (QED) is 0.587. The van der Waals surface area contributed by atoms with Crippen molar-refractivity contribution in [2.24, 2.45) is 4.99 Å². The summed E-state index contributed by atoms with van der Waals surface area (Å²) in [6.07, 6.45) is 2.28. The zero-order valence-corrected chi connectivity index (χ0v) is 15.8. The number of benzene rings is 1. The second-order valence-electron chi connectivity index (χ2n) is 5.70. The predicted octanol–water partition coefficient (Wildman–Crippen LogP) is 2.17. The lowest BCUT2D eigenvalue weighted by Gasteiger charge is -2.18. The van der Waals surface area contributed by atoms with Crippen molar-refractivity contribution in [1.82, 2.24) is 20.5 Å².